The Balaban J connectivity index is 1.90. The Morgan fingerprint density at radius 3 is 2.90 bits per heavy atom. The van der Waals surface area contributed by atoms with Gasteiger partial charge in [-0.05, 0) is 30.5 Å². The number of methoxy groups -OCH3 is 1. The molecule has 2 N–H and O–H groups in total. The first-order chi connectivity index (χ1) is 9.62. The van der Waals surface area contributed by atoms with Gasteiger partial charge in [-0.3, -0.25) is 4.79 Å². The number of ether oxygens (including phenoxy) is 1. The molecule has 0 aliphatic heterocycles. The molecule has 1 aliphatic rings. The average Bonchev–Trinajstić information content (AvgIpc) is 2.88. The van der Waals surface area contributed by atoms with Crippen molar-refractivity contribution >= 4 is 5.91 Å². The third-order valence-electron chi connectivity index (χ3n) is 3.59. The van der Waals surface area contributed by atoms with Crippen molar-refractivity contribution in [2.24, 2.45) is 5.92 Å². The summed E-state index contributed by atoms with van der Waals surface area (Å²) in [7, 11) is 1.63. The summed E-state index contributed by atoms with van der Waals surface area (Å²) in [6, 6.07) is 5.83. The van der Waals surface area contributed by atoms with Gasteiger partial charge in [0.05, 0.1) is 13.5 Å². The zero-order valence-corrected chi connectivity index (χ0v) is 11.9. The van der Waals surface area contributed by atoms with Crippen molar-refractivity contribution in [1.82, 2.24) is 5.32 Å². The number of rotatable bonds is 5. The Morgan fingerprint density at radius 2 is 2.25 bits per heavy atom. The largest absolute Gasteiger partial charge is 0.496 e. The molecular formula is C16H21NO3. The van der Waals surface area contributed by atoms with Gasteiger partial charge >= 0.3 is 0 Å². The van der Waals surface area contributed by atoms with E-state index in [1.54, 1.807) is 7.11 Å². The van der Waals surface area contributed by atoms with Crippen LogP contribution in [0.1, 0.15) is 17.5 Å². The van der Waals surface area contributed by atoms with Crippen LogP contribution in [0.4, 0.5) is 0 Å². The highest BCUT2D eigenvalue weighted by molar-refractivity contribution is 5.79. The number of benzene rings is 1. The number of aliphatic hydroxyl groups excluding tert-OH is 1. The number of amides is 1. The summed E-state index contributed by atoms with van der Waals surface area (Å²) in [5, 5.41) is 12.0. The lowest BCUT2D eigenvalue weighted by atomic mass is 10.1. The summed E-state index contributed by atoms with van der Waals surface area (Å²) in [5.41, 5.74) is 1.99. The second-order valence-corrected chi connectivity index (χ2v) is 5.22. The van der Waals surface area contributed by atoms with E-state index >= 15 is 0 Å². The van der Waals surface area contributed by atoms with Gasteiger partial charge in [0.25, 0.3) is 0 Å². The molecule has 0 heterocycles. The monoisotopic (exact) mass is 275 g/mol. The van der Waals surface area contributed by atoms with E-state index < -0.39 is 0 Å². The van der Waals surface area contributed by atoms with Gasteiger partial charge in [0.1, 0.15) is 5.75 Å². The Labute approximate surface area is 119 Å². The quantitative estimate of drug-likeness (QED) is 0.802. The van der Waals surface area contributed by atoms with Gasteiger partial charge in [-0.25, -0.2) is 0 Å². The van der Waals surface area contributed by atoms with E-state index in [2.05, 4.69) is 5.32 Å². The number of aliphatic hydroxyl groups is 1. The van der Waals surface area contributed by atoms with Crippen LogP contribution in [0.2, 0.25) is 0 Å². The van der Waals surface area contributed by atoms with Gasteiger partial charge < -0.3 is 15.2 Å². The van der Waals surface area contributed by atoms with Crippen LogP contribution in [-0.2, 0) is 11.2 Å². The van der Waals surface area contributed by atoms with E-state index in [0.29, 0.717) is 6.42 Å². The number of hydrogen-bond acceptors (Lipinski definition) is 3. The highest BCUT2D eigenvalue weighted by atomic mass is 16.5. The molecule has 108 valence electrons. The maximum Gasteiger partial charge on any atom is 0.224 e. The van der Waals surface area contributed by atoms with E-state index in [1.807, 2.05) is 37.3 Å². The fourth-order valence-corrected chi connectivity index (χ4v) is 2.43. The molecule has 1 aliphatic carbocycles. The van der Waals surface area contributed by atoms with E-state index in [0.717, 1.165) is 23.3 Å². The molecule has 4 heteroatoms. The fraction of sp³-hybridized carbons (Fsp3) is 0.438. The van der Waals surface area contributed by atoms with Gasteiger partial charge in [-0.2, -0.15) is 0 Å². The van der Waals surface area contributed by atoms with Gasteiger partial charge in [0.15, 0.2) is 0 Å². The smallest absolute Gasteiger partial charge is 0.224 e. The molecule has 1 amide bonds. The highest BCUT2D eigenvalue weighted by Crippen LogP contribution is 2.20. The van der Waals surface area contributed by atoms with Crippen molar-refractivity contribution in [3.63, 3.8) is 0 Å². The summed E-state index contributed by atoms with van der Waals surface area (Å²) in [4.78, 5) is 12.0. The maximum atomic E-state index is 12.0. The molecule has 0 saturated carbocycles. The van der Waals surface area contributed by atoms with E-state index in [9.17, 15) is 4.79 Å². The number of aryl methyl sites for hydroxylation is 1. The van der Waals surface area contributed by atoms with E-state index in [4.69, 9.17) is 9.84 Å². The Morgan fingerprint density at radius 1 is 1.45 bits per heavy atom. The van der Waals surface area contributed by atoms with Crippen LogP contribution >= 0.6 is 0 Å². The zero-order chi connectivity index (χ0) is 14.5. The summed E-state index contributed by atoms with van der Waals surface area (Å²) < 4.78 is 5.26. The highest BCUT2D eigenvalue weighted by Gasteiger charge is 2.19. The van der Waals surface area contributed by atoms with Gasteiger partial charge in [0, 0.05) is 18.6 Å². The Bertz CT molecular complexity index is 510. The van der Waals surface area contributed by atoms with Crippen molar-refractivity contribution < 1.29 is 14.6 Å². The minimum absolute atomic E-state index is 0.0101. The third-order valence-corrected chi connectivity index (χ3v) is 3.59. The molecule has 0 spiro atoms. The number of carbonyl (C=O) groups excluding carboxylic acids is 1. The van der Waals surface area contributed by atoms with Gasteiger partial charge in [0.2, 0.25) is 5.91 Å². The first kappa shape index (κ1) is 14.6. The SMILES string of the molecule is COc1cc(CC(=O)N[C@@H]2C=C[C@H](CO)C2)ccc1C. The summed E-state index contributed by atoms with van der Waals surface area (Å²) >= 11 is 0. The average molecular weight is 275 g/mol. The van der Waals surface area contributed by atoms with Crippen LogP contribution in [0.25, 0.3) is 0 Å². The normalized spacial score (nSPS) is 20.9. The first-order valence-corrected chi connectivity index (χ1v) is 6.84. The Hall–Kier alpha value is -1.81. The number of hydrogen-bond donors (Lipinski definition) is 2. The minimum Gasteiger partial charge on any atom is -0.496 e. The summed E-state index contributed by atoms with van der Waals surface area (Å²) in [5.74, 6) is 0.959. The third kappa shape index (κ3) is 3.61. The first-order valence-electron chi connectivity index (χ1n) is 6.84. The maximum absolute atomic E-state index is 12.0. The molecule has 0 aromatic heterocycles. The molecular weight excluding hydrogens is 254 g/mol. The van der Waals surface area contributed by atoms with E-state index in [1.165, 1.54) is 0 Å². The minimum atomic E-state index is -0.0101. The molecule has 4 nitrogen and oxygen atoms in total. The topological polar surface area (TPSA) is 58.6 Å². The standard InChI is InChI=1S/C16H21NO3/c1-11-3-4-12(8-15(11)20-2)9-16(19)17-14-6-5-13(7-14)10-18/h3-6,8,13-14,18H,7,9-10H2,1-2H3,(H,17,19)/t13-,14+/m0/s1. The fourth-order valence-electron chi connectivity index (χ4n) is 2.43. The summed E-state index contributed by atoms with van der Waals surface area (Å²) in [6.07, 6.45) is 5.03. The van der Waals surface area contributed by atoms with Gasteiger partial charge in [-0.15, -0.1) is 0 Å². The lowest BCUT2D eigenvalue weighted by Crippen LogP contribution is -2.34. The van der Waals surface area contributed by atoms with Crippen LogP contribution < -0.4 is 10.1 Å². The molecule has 1 aromatic rings. The summed E-state index contributed by atoms with van der Waals surface area (Å²) in [6.45, 7) is 2.11. The van der Waals surface area contributed by atoms with Crippen molar-refractivity contribution in [1.29, 1.82) is 0 Å². The van der Waals surface area contributed by atoms with Crippen molar-refractivity contribution in [3.8, 4) is 5.75 Å². The van der Waals surface area contributed by atoms with E-state index in [-0.39, 0.29) is 24.5 Å². The number of carbonyl (C=O) groups is 1. The second kappa shape index (κ2) is 6.57. The predicted molar refractivity (Wildman–Crippen MR) is 77.7 cm³/mol. The number of nitrogens with one attached hydrogen (secondary N) is 1. The predicted octanol–water partition coefficient (Wildman–Crippen LogP) is 1.60. The molecule has 0 saturated heterocycles. The van der Waals surface area contributed by atoms with Crippen LogP contribution in [0, 0.1) is 12.8 Å². The van der Waals surface area contributed by atoms with Crippen molar-refractivity contribution in [2.75, 3.05) is 13.7 Å². The van der Waals surface area contributed by atoms with Crippen LogP contribution in [-0.4, -0.2) is 30.8 Å². The van der Waals surface area contributed by atoms with Crippen LogP contribution in [0.3, 0.4) is 0 Å². The molecule has 1 aromatic carbocycles. The molecule has 0 radical (unpaired) electrons. The molecule has 0 bridgehead atoms. The molecule has 20 heavy (non-hydrogen) atoms. The van der Waals surface area contributed by atoms with Crippen LogP contribution in [0.15, 0.2) is 30.4 Å². The zero-order valence-electron chi connectivity index (χ0n) is 11.9. The lowest BCUT2D eigenvalue weighted by Gasteiger charge is -2.13. The molecule has 0 unspecified atom stereocenters. The van der Waals surface area contributed by atoms with Gasteiger partial charge in [-0.1, -0.05) is 24.3 Å². The van der Waals surface area contributed by atoms with Crippen LogP contribution in [0.5, 0.6) is 5.75 Å². The van der Waals surface area contributed by atoms with Crippen molar-refractivity contribution in [3.05, 3.63) is 41.5 Å². The molecule has 2 atom stereocenters. The van der Waals surface area contributed by atoms with Crippen molar-refractivity contribution in [2.45, 2.75) is 25.8 Å². The second-order valence-electron chi connectivity index (χ2n) is 5.22. The lowest BCUT2D eigenvalue weighted by molar-refractivity contribution is -0.120. The Kier molecular flexibility index (Phi) is 4.79. The molecule has 2 rings (SSSR count). The molecule has 0 fully saturated rings.